The maximum atomic E-state index is 11.0. The van der Waals surface area contributed by atoms with E-state index in [2.05, 4.69) is 9.97 Å². The van der Waals surface area contributed by atoms with Crippen LogP contribution >= 0.6 is 11.6 Å². The number of hydrogen-bond acceptors (Lipinski definition) is 4. The second-order valence-corrected chi connectivity index (χ2v) is 3.98. The van der Waals surface area contributed by atoms with Crippen molar-refractivity contribution >= 4 is 23.8 Å². The summed E-state index contributed by atoms with van der Waals surface area (Å²) in [6, 6.07) is 7.58. The number of anilines is 1. The Balaban J connectivity index is 2.65. The van der Waals surface area contributed by atoms with Crippen molar-refractivity contribution in [3.8, 4) is 11.3 Å². The van der Waals surface area contributed by atoms with Crippen molar-refractivity contribution in [2.24, 2.45) is 0 Å². The Hall–Kier alpha value is -1.94. The molecule has 0 amide bonds. The highest BCUT2D eigenvalue weighted by Crippen LogP contribution is 2.25. The molecule has 0 bridgehead atoms. The first-order chi connectivity index (χ1) is 8.11. The number of hydrogen-bond donors (Lipinski definition) is 1. The molecule has 1 aromatic carbocycles. The second-order valence-electron chi connectivity index (χ2n) is 3.62. The van der Waals surface area contributed by atoms with Crippen molar-refractivity contribution in [3.05, 3.63) is 40.5 Å². The normalized spacial score (nSPS) is 10.2. The molecule has 0 atom stereocenters. The molecule has 17 heavy (non-hydrogen) atoms. The lowest BCUT2D eigenvalue weighted by Crippen LogP contribution is -2.02. The average molecular weight is 248 g/mol. The van der Waals surface area contributed by atoms with E-state index in [4.69, 9.17) is 17.3 Å². The molecule has 0 aliphatic rings. The fourth-order valence-corrected chi connectivity index (χ4v) is 1.71. The third-order valence-corrected chi connectivity index (χ3v) is 2.65. The van der Waals surface area contributed by atoms with Gasteiger partial charge in [-0.1, -0.05) is 41.4 Å². The maximum absolute atomic E-state index is 11.0. The third kappa shape index (κ3) is 2.26. The fourth-order valence-electron chi connectivity index (χ4n) is 1.49. The molecule has 0 fully saturated rings. The van der Waals surface area contributed by atoms with E-state index in [0.717, 1.165) is 11.1 Å². The molecule has 2 rings (SSSR count). The Kier molecular flexibility index (Phi) is 3.06. The zero-order chi connectivity index (χ0) is 12.4. The van der Waals surface area contributed by atoms with Crippen LogP contribution in [0, 0.1) is 6.92 Å². The molecule has 0 unspecified atom stereocenters. The topological polar surface area (TPSA) is 68.9 Å². The number of nitrogens with two attached hydrogens (primary N) is 1. The van der Waals surface area contributed by atoms with Gasteiger partial charge in [0.1, 0.15) is 5.15 Å². The monoisotopic (exact) mass is 247 g/mol. The number of aromatic nitrogens is 2. The summed E-state index contributed by atoms with van der Waals surface area (Å²) in [5.41, 5.74) is 8.14. The minimum absolute atomic E-state index is 0.0520. The quantitative estimate of drug-likeness (QED) is 0.654. The van der Waals surface area contributed by atoms with Crippen molar-refractivity contribution in [1.29, 1.82) is 0 Å². The molecule has 1 aromatic heterocycles. The lowest BCUT2D eigenvalue weighted by atomic mass is 10.1. The molecule has 0 spiro atoms. The first kappa shape index (κ1) is 11.5. The summed E-state index contributed by atoms with van der Waals surface area (Å²) >= 11 is 5.85. The zero-order valence-corrected chi connectivity index (χ0v) is 9.90. The van der Waals surface area contributed by atoms with Crippen LogP contribution in [0.3, 0.4) is 0 Å². The number of halogens is 1. The Morgan fingerprint density at radius 2 is 1.88 bits per heavy atom. The Morgan fingerprint density at radius 3 is 2.47 bits per heavy atom. The van der Waals surface area contributed by atoms with Gasteiger partial charge < -0.3 is 5.73 Å². The molecule has 1 heterocycles. The van der Waals surface area contributed by atoms with Crippen molar-refractivity contribution < 1.29 is 4.79 Å². The van der Waals surface area contributed by atoms with Gasteiger partial charge in [-0.2, -0.15) is 0 Å². The van der Waals surface area contributed by atoms with Crippen LogP contribution in [-0.2, 0) is 0 Å². The van der Waals surface area contributed by atoms with E-state index in [1.807, 2.05) is 31.2 Å². The van der Waals surface area contributed by atoms with Crippen molar-refractivity contribution in [1.82, 2.24) is 9.97 Å². The molecule has 2 N–H and O–H groups in total. The molecule has 5 heteroatoms. The second kappa shape index (κ2) is 4.51. The highest BCUT2D eigenvalue weighted by molar-refractivity contribution is 6.32. The van der Waals surface area contributed by atoms with Crippen molar-refractivity contribution in [2.45, 2.75) is 6.92 Å². The first-order valence-corrected chi connectivity index (χ1v) is 5.35. The number of nitrogen functional groups attached to an aromatic ring is 1. The molecule has 0 aliphatic heterocycles. The number of carbonyl (C=O) groups is 1. The highest BCUT2D eigenvalue weighted by atomic mass is 35.5. The smallest absolute Gasteiger partial charge is 0.222 e. The maximum Gasteiger partial charge on any atom is 0.222 e. The Morgan fingerprint density at radius 1 is 1.24 bits per heavy atom. The summed E-state index contributed by atoms with van der Waals surface area (Å²) in [6.07, 6.45) is 0.636. The van der Waals surface area contributed by atoms with Crippen LogP contribution in [0.5, 0.6) is 0 Å². The van der Waals surface area contributed by atoms with Gasteiger partial charge in [-0.05, 0) is 6.92 Å². The van der Waals surface area contributed by atoms with E-state index < -0.39 is 0 Å². The Labute approximate surface area is 103 Å². The first-order valence-electron chi connectivity index (χ1n) is 4.97. The molecule has 0 saturated heterocycles. The van der Waals surface area contributed by atoms with Crippen LogP contribution in [0.1, 0.15) is 15.9 Å². The van der Waals surface area contributed by atoms with Crippen LogP contribution in [0.25, 0.3) is 11.3 Å². The van der Waals surface area contributed by atoms with Gasteiger partial charge >= 0.3 is 0 Å². The fraction of sp³-hybridized carbons (Fsp3) is 0.0833. The van der Waals surface area contributed by atoms with E-state index in [1.165, 1.54) is 0 Å². The van der Waals surface area contributed by atoms with Crippen LogP contribution < -0.4 is 5.73 Å². The lowest BCUT2D eigenvalue weighted by Gasteiger charge is -2.06. The van der Waals surface area contributed by atoms with Gasteiger partial charge in [0.2, 0.25) is 5.95 Å². The van der Waals surface area contributed by atoms with Crippen LogP contribution in [0.4, 0.5) is 5.95 Å². The number of rotatable bonds is 2. The van der Waals surface area contributed by atoms with Gasteiger partial charge in [-0.25, -0.2) is 9.97 Å². The largest absolute Gasteiger partial charge is 0.368 e. The van der Waals surface area contributed by atoms with Crippen LogP contribution in [0.15, 0.2) is 24.3 Å². The summed E-state index contributed by atoms with van der Waals surface area (Å²) in [5, 5.41) is 0.0723. The summed E-state index contributed by atoms with van der Waals surface area (Å²) in [5.74, 6) is 0.0520. The summed E-state index contributed by atoms with van der Waals surface area (Å²) in [4.78, 5) is 18.8. The lowest BCUT2D eigenvalue weighted by molar-refractivity contribution is 0.112. The molecule has 0 radical (unpaired) electrons. The van der Waals surface area contributed by atoms with Crippen LogP contribution in [0.2, 0.25) is 5.15 Å². The molecule has 86 valence electrons. The minimum atomic E-state index is 0.0520. The van der Waals surface area contributed by atoms with Crippen molar-refractivity contribution in [3.63, 3.8) is 0 Å². The zero-order valence-electron chi connectivity index (χ0n) is 9.14. The van der Waals surface area contributed by atoms with E-state index >= 15 is 0 Å². The minimum Gasteiger partial charge on any atom is -0.368 e. The van der Waals surface area contributed by atoms with E-state index in [0.29, 0.717) is 12.0 Å². The molecule has 2 aromatic rings. The molecule has 0 aliphatic carbocycles. The predicted molar refractivity (Wildman–Crippen MR) is 67.0 cm³/mol. The van der Waals surface area contributed by atoms with Gasteiger partial charge in [-0.3, -0.25) is 4.79 Å². The van der Waals surface area contributed by atoms with Gasteiger partial charge in [0.25, 0.3) is 0 Å². The number of carbonyl (C=O) groups excluding carboxylic acids is 1. The molecule has 4 nitrogen and oxygen atoms in total. The predicted octanol–water partition coefficient (Wildman–Crippen LogP) is 2.50. The molecular formula is C12H10ClN3O. The van der Waals surface area contributed by atoms with Crippen LogP contribution in [-0.4, -0.2) is 16.3 Å². The molecular weight excluding hydrogens is 238 g/mol. The van der Waals surface area contributed by atoms with Gasteiger partial charge in [-0.15, -0.1) is 0 Å². The van der Waals surface area contributed by atoms with E-state index in [9.17, 15) is 4.79 Å². The summed E-state index contributed by atoms with van der Waals surface area (Å²) in [7, 11) is 0. The standard InChI is InChI=1S/C12H10ClN3O/c1-7-2-4-8(5-3-7)10-9(6-17)11(13)16-12(14)15-10/h2-6H,1H3,(H2,14,15,16). The SMILES string of the molecule is Cc1ccc(-c2nc(N)nc(Cl)c2C=O)cc1. The van der Waals surface area contributed by atoms with Gasteiger partial charge in [0.05, 0.1) is 11.3 Å². The average Bonchev–Trinajstić information content (AvgIpc) is 2.29. The summed E-state index contributed by atoms with van der Waals surface area (Å²) in [6.45, 7) is 1.98. The van der Waals surface area contributed by atoms with E-state index in [1.54, 1.807) is 0 Å². The van der Waals surface area contributed by atoms with Gasteiger partial charge in [0.15, 0.2) is 6.29 Å². The Bertz CT molecular complexity index is 567. The number of aldehydes is 1. The number of aryl methyl sites for hydroxylation is 1. The van der Waals surface area contributed by atoms with Gasteiger partial charge in [0, 0.05) is 5.56 Å². The number of nitrogens with zero attached hydrogens (tertiary/aromatic N) is 2. The molecule has 0 saturated carbocycles. The van der Waals surface area contributed by atoms with Crippen molar-refractivity contribution in [2.75, 3.05) is 5.73 Å². The third-order valence-electron chi connectivity index (χ3n) is 2.36. The highest BCUT2D eigenvalue weighted by Gasteiger charge is 2.12. The summed E-state index contributed by atoms with van der Waals surface area (Å²) < 4.78 is 0. The van der Waals surface area contributed by atoms with E-state index in [-0.39, 0.29) is 16.7 Å². The number of benzene rings is 1.